The molecule has 0 aromatic rings. The summed E-state index contributed by atoms with van der Waals surface area (Å²) >= 11 is 0. The van der Waals surface area contributed by atoms with Crippen LogP contribution in [0.5, 0.6) is 0 Å². The van der Waals surface area contributed by atoms with Gasteiger partial charge in [-0.05, 0) is 32.2 Å². The molecular weight excluding hydrogens is 256 g/mol. The van der Waals surface area contributed by atoms with E-state index in [1.54, 1.807) is 0 Å². The molecule has 1 aliphatic heterocycles. The van der Waals surface area contributed by atoms with Gasteiger partial charge in [-0.25, -0.2) is 0 Å². The SMILES string of the molecule is CCCC(CCN)CCC(=O)N1CC(C)OC(CO)C1. The van der Waals surface area contributed by atoms with Crippen molar-refractivity contribution in [2.24, 2.45) is 11.7 Å². The standard InChI is InChI=1S/C15H30N2O3/c1-3-4-13(7-8-16)5-6-15(19)17-9-12(2)20-14(10-17)11-18/h12-14,18H,3-11,16H2,1-2H3. The van der Waals surface area contributed by atoms with Crippen molar-refractivity contribution in [3.05, 3.63) is 0 Å². The zero-order chi connectivity index (χ0) is 15.0. The quantitative estimate of drug-likeness (QED) is 0.701. The number of amides is 1. The molecule has 3 unspecified atom stereocenters. The van der Waals surface area contributed by atoms with Gasteiger partial charge in [0.25, 0.3) is 0 Å². The van der Waals surface area contributed by atoms with Crippen LogP contribution in [-0.2, 0) is 9.53 Å². The predicted molar refractivity (Wildman–Crippen MR) is 79.3 cm³/mol. The second-order valence-corrected chi connectivity index (χ2v) is 5.82. The number of hydrogen-bond donors (Lipinski definition) is 2. The number of nitrogens with zero attached hydrogens (tertiary/aromatic N) is 1. The van der Waals surface area contributed by atoms with Crippen molar-refractivity contribution in [2.45, 2.75) is 58.2 Å². The lowest BCUT2D eigenvalue weighted by atomic mass is 9.94. The predicted octanol–water partition coefficient (Wildman–Crippen LogP) is 1.14. The number of carbonyl (C=O) groups excluding carboxylic acids is 1. The Kier molecular flexibility index (Phi) is 8.11. The molecule has 0 spiro atoms. The van der Waals surface area contributed by atoms with Crippen LogP contribution in [0.4, 0.5) is 0 Å². The van der Waals surface area contributed by atoms with Crippen LogP contribution in [0.25, 0.3) is 0 Å². The number of rotatable bonds is 8. The number of carbonyl (C=O) groups is 1. The summed E-state index contributed by atoms with van der Waals surface area (Å²) < 4.78 is 5.56. The highest BCUT2D eigenvalue weighted by Gasteiger charge is 2.27. The average molecular weight is 286 g/mol. The third kappa shape index (κ3) is 5.77. The minimum atomic E-state index is -0.238. The Labute approximate surface area is 122 Å². The summed E-state index contributed by atoms with van der Waals surface area (Å²) in [6.07, 6.45) is 4.54. The minimum absolute atomic E-state index is 0.000306. The lowest BCUT2D eigenvalue weighted by Crippen LogP contribution is -2.50. The van der Waals surface area contributed by atoms with Crippen molar-refractivity contribution in [3.8, 4) is 0 Å². The van der Waals surface area contributed by atoms with E-state index >= 15 is 0 Å². The third-order valence-electron chi connectivity index (χ3n) is 3.92. The summed E-state index contributed by atoms with van der Waals surface area (Å²) in [4.78, 5) is 14.1. The maximum absolute atomic E-state index is 12.3. The van der Waals surface area contributed by atoms with Crippen molar-refractivity contribution in [3.63, 3.8) is 0 Å². The summed E-state index contributed by atoms with van der Waals surface area (Å²) in [5.41, 5.74) is 5.62. The molecule has 0 aliphatic carbocycles. The summed E-state index contributed by atoms with van der Waals surface area (Å²) in [6.45, 7) is 5.91. The van der Waals surface area contributed by atoms with Gasteiger partial charge in [-0.15, -0.1) is 0 Å². The van der Waals surface area contributed by atoms with Gasteiger partial charge in [0.05, 0.1) is 18.8 Å². The molecular formula is C15H30N2O3. The molecule has 0 radical (unpaired) electrons. The summed E-state index contributed by atoms with van der Waals surface area (Å²) in [7, 11) is 0. The maximum atomic E-state index is 12.3. The monoisotopic (exact) mass is 286 g/mol. The van der Waals surface area contributed by atoms with Crippen LogP contribution in [0, 0.1) is 5.92 Å². The first-order chi connectivity index (χ1) is 9.60. The Hall–Kier alpha value is -0.650. The molecule has 3 atom stereocenters. The Morgan fingerprint density at radius 1 is 1.40 bits per heavy atom. The molecule has 0 aromatic carbocycles. The Balaban J connectivity index is 2.40. The molecule has 5 nitrogen and oxygen atoms in total. The molecule has 1 saturated heterocycles. The van der Waals surface area contributed by atoms with Gasteiger partial charge in [-0.1, -0.05) is 19.8 Å². The summed E-state index contributed by atoms with van der Waals surface area (Å²) in [6, 6.07) is 0. The van der Waals surface area contributed by atoms with Gasteiger partial charge >= 0.3 is 0 Å². The van der Waals surface area contributed by atoms with Crippen LogP contribution in [0.15, 0.2) is 0 Å². The fraction of sp³-hybridized carbons (Fsp3) is 0.933. The molecule has 1 fully saturated rings. The molecule has 5 heteroatoms. The molecule has 1 heterocycles. The van der Waals surface area contributed by atoms with Gasteiger partial charge in [0.1, 0.15) is 0 Å². The zero-order valence-corrected chi connectivity index (χ0v) is 12.9. The first-order valence-corrected chi connectivity index (χ1v) is 7.84. The van der Waals surface area contributed by atoms with E-state index in [-0.39, 0.29) is 24.7 Å². The lowest BCUT2D eigenvalue weighted by molar-refractivity contribution is -0.147. The van der Waals surface area contributed by atoms with E-state index in [1.165, 1.54) is 0 Å². The number of aliphatic hydroxyl groups excluding tert-OH is 1. The molecule has 118 valence electrons. The zero-order valence-electron chi connectivity index (χ0n) is 12.9. The average Bonchev–Trinajstić information content (AvgIpc) is 2.44. The lowest BCUT2D eigenvalue weighted by Gasteiger charge is -2.36. The summed E-state index contributed by atoms with van der Waals surface area (Å²) in [5.74, 6) is 0.734. The van der Waals surface area contributed by atoms with E-state index in [1.807, 2.05) is 11.8 Å². The molecule has 1 rings (SSSR count). The van der Waals surface area contributed by atoms with Crippen LogP contribution in [0.3, 0.4) is 0 Å². The third-order valence-corrected chi connectivity index (χ3v) is 3.92. The Morgan fingerprint density at radius 3 is 2.75 bits per heavy atom. The second kappa shape index (κ2) is 9.32. The van der Waals surface area contributed by atoms with Gasteiger partial charge in [0, 0.05) is 19.5 Å². The van der Waals surface area contributed by atoms with E-state index in [2.05, 4.69) is 6.92 Å². The molecule has 3 N–H and O–H groups in total. The van der Waals surface area contributed by atoms with Gasteiger partial charge in [0.15, 0.2) is 0 Å². The highest BCUT2D eigenvalue weighted by atomic mass is 16.5. The van der Waals surface area contributed by atoms with Crippen molar-refractivity contribution in [2.75, 3.05) is 26.2 Å². The van der Waals surface area contributed by atoms with Gasteiger partial charge in [-0.3, -0.25) is 4.79 Å². The van der Waals surface area contributed by atoms with Crippen molar-refractivity contribution in [1.82, 2.24) is 4.90 Å². The number of hydrogen-bond acceptors (Lipinski definition) is 4. The summed E-state index contributed by atoms with van der Waals surface area (Å²) in [5, 5.41) is 9.19. The van der Waals surface area contributed by atoms with Gasteiger partial charge in [0.2, 0.25) is 5.91 Å². The minimum Gasteiger partial charge on any atom is -0.394 e. The number of nitrogens with two attached hydrogens (primary N) is 1. The van der Waals surface area contributed by atoms with Gasteiger partial charge < -0.3 is 20.5 Å². The first kappa shape index (κ1) is 17.4. The smallest absolute Gasteiger partial charge is 0.222 e. The van der Waals surface area contributed by atoms with E-state index in [0.717, 1.165) is 25.7 Å². The highest BCUT2D eigenvalue weighted by molar-refractivity contribution is 5.76. The van der Waals surface area contributed by atoms with Crippen LogP contribution in [0.1, 0.15) is 46.0 Å². The van der Waals surface area contributed by atoms with Crippen molar-refractivity contribution >= 4 is 5.91 Å². The number of aliphatic hydroxyl groups is 1. The number of ether oxygens (including phenoxy) is 1. The van der Waals surface area contributed by atoms with Crippen LogP contribution >= 0.6 is 0 Å². The largest absolute Gasteiger partial charge is 0.394 e. The molecule has 1 amide bonds. The molecule has 0 saturated carbocycles. The topological polar surface area (TPSA) is 75.8 Å². The molecule has 1 aliphatic rings. The maximum Gasteiger partial charge on any atom is 0.222 e. The Morgan fingerprint density at radius 2 is 2.15 bits per heavy atom. The molecule has 20 heavy (non-hydrogen) atoms. The van der Waals surface area contributed by atoms with E-state index in [9.17, 15) is 9.90 Å². The highest BCUT2D eigenvalue weighted by Crippen LogP contribution is 2.19. The Bertz CT molecular complexity index is 280. The fourth-order valence-electron chi connectivity index (χ4n) is 2.91. The van der Waals surface area contributed by atoms with Crippen LogP contribution in [0.2, 0.25) is 0 Å². The van der Waals surface area contributed by atoms with E-state index in [0.29, 0.717) is 32.0 Å². The van der Waals surface area contributed by atoms with Crippen molar-refractivity contribution < 1.29 is 14.6 Å². The van der Waals surface area contributed by atoms with Crippen LogP contribution < -0.4 is 5.73 Å². The van der Waals surface area contributed by atoms with Crippen molar-refractivity contribution in [1.29, 1.82) is 0 Å². The fourth-order valence-corrected chi connectivity index (χ4v) is 2.91. The normalized spacial score (nSPS) is 24.7. The first-order valence-electron chi connectivity index (χ1n) is 7.84. The molecule has 0 bridgehead atoms. The molecule has 0 aromatic heterocycles. The van der Waals surface area contributed by atoms with Crippen LogP contribution in [-0.4, -0.2) is 54.4 Å². The van der Waals surface area contributed by atoms with Gasteiger partial charge in [-0.2, -0.15) is 0 Å². The van der Waals surface area contributed by atoms with E-state index in [4.69, 9.17) is 10.5 Å². The second-order valence-electron chi connectivity index (χ2n) is 5.82. The number of morpholine rings is 1. The van der Waals surface area contributed by atoms with E-state index < -0.39 is 0 Å².